The number of rotatable bonds is 9. The Morgan fingerprint density at radius 2 is 1.59 bits per heavy atom. The van der Waals surface area contributed by atoms with Crippen LogP contribution in [0.4, 0.5) is 16.2 Å². The summed E-state index contributed by atoms with van der Waals surface area (Å²) in [6, 6.07) is 19.4. The van der Waals surface area contributed by atoms with E-state index in [9.17, 15) is 19.5 Å². The van der Waals surface area contributed by atoms with Crippen LogP contribution in [-0.2, 0) is 17.9 Å². The molecule has 1 unspecified atom stereocenters. The van der Waals surface area contributed by atoms with E-state index in [1.54, 1.807) is 46.2 Å². The lowest BCUT2D eigenvalue weighted by Crippen LogP contribution is -2.53. The third-order valence-corrected chi connectivity index (χ3v) is 7.19. The van der Waals surface area contributed by atoms with Gasteiger partial charge in [0.15, 0.2) is 0 Å². The fourth-order valence-corrected chi connectivity index (χ4v) is 5.13. The van der Waals surface area contributed by atoms with Gasteiger partial charge < -0.3 is 25.1 Å². The number of amides is 3. The number of nitrogens with zero attached hydrogens (tertiary/aromatic N) is 3. The summed E-state index contributed by atoms with van der Waals surface area (Å²) in [4.78, 5) is 43.5. The van der Waals surface area contributed by atoms with E-state index < -0.39 is 5.97 Å². The number of anilines is 2. The molecule has 1 heterocycles. The van der Waals surface area contributed by atoms with Gasteiger partial charge in [-0.25, -0.2) is 4.79 Å². The van der Waals surface area contributed by atoms with Crippen LogP contribution in [0.5, 0.6) is 0 Å². The predicted molar refractivity (Wildman–Crippen MR) is 154 cm³/mol. The molecule has 1 atom stereocenters. The Labute approximate surface area is 237 Å². The third kappa shape index (κ3) is 7.22. The van der Waals surface area contributed by atoms with Gasteiger partial charge in [0.05, 0.1) is 6.42 Å². The van der Waals surface area contributed by atoms with Crippen LogP contribution in [-0.4, -0.2) is 60.0 Å². The molecule has 2 N–H and O–H groups in total. The van der Waals surface area contributed by atoms with Crippen LogP contribution in [0.25, 0.3) is 0 Å². The van der Waals surface area contributed by atoms with Gasteiger partial charge in [-0.2, -0.15) is 0 Å². The molecule has 8 nitrogen and oxygen atoms in total. The molecular weight excluding hydrogens is 539 g/mol. The van der Waals surface area contributed by atoms with Crippen LogP contribution < -0.4 is 10.2 Å². The van der Waals surface area contributed by atoms with Gasteiger partial charge >= 0.3 is 12.0 Å². The van der Waals surface area contributed by atoms with Crippen molar-refractivity contribution in [3.8, 4) is 0 Å². The van der Waals surface area contributed by atoms with Crippen molar-refractivity contribution in [1.29, 1.82) is 0 Å². The van der Waals surface area contributed by atoms with Crippen LogP contribution in [0.1, 0.15) is 27.9 Å². The standard InChI is InChI=1S/C29H30Cl2N4O4/c1-33(2)24-11-9-23(10-12-24)32-28(38)25-6-4-3-5-20(25)17-34-15-19(13-27(36)37)16-35(29(34)39)18-21-7-8-22(30)14-26(21)31/h3-12,14,19H,13,15-18H2,1-2H3,(H,32,38)(H,36,37). The normalized spacial score (nSPS) is 15.3. The zero-order valence-electron chi connectivity index (χ0n) is 21.7. The molecule has 0 spiro atoms. The Kier molecular flexibility index (Phi) is 8.99. The predicted octanol–water partition coefficient (Wildman–Crippen LogP) is 5.84. The second kappa shape index (κ2) is 12.4. The lowest BCUT2D eigenvalue weighted by molar-refractivity contribution is -0.138. The van der Waals surface area contributed by atoms with Crippen molar-refractivity contribution in [1.82, 2.24) is 9.80 Å². The van der Waals surface area contributed by atoms with Gasteiger partial charge in [0.2, 0.25) is 0 Å². The van der Waals surface area contributed by atoms with Crippen LogP contribution >= 0.6 is 23.2 Å². The summed E-state index contributed by atoms with van der Waals surface area (Å²) in [6.07, 6.45) is -0.0836. The maximum Gasteiger partial charge on any atom is 0.320 e. The molecule has 0 bridgehead atoms. The van der Waals surface area contributed by atoms with Crippen molar-refractivity contribution in [3.63, 3.8) is 0 Å². The molecule has 0 aliphatic carbocycles. The molecule has 204 valence electrons. The molecule has 1 aliphatic rings. The SMILES string of the molecule is CN(C)c1ccc(NC(=O)c2ccccc2CN2CC(CC(=O)O)CN(Cc3ccc(Cl)cc3Cl)C2=O)cc1. The Morgan fingerprint density at radius 1 is 0.949 bits per heavy atom. The molecule has 3 amide bonds. The second-order valence-electron chi connectivity index (χ2n) is 9.80. The Morgan fingerprint density at radius 3 is 2.21 bits per heavy atom. The number of carbonyl (C=O) groups is 3. The summed E-state index contributed by atoms with van der Waals surface area (Å²) in [5, 5.41) is 13.3. The minimum atomic E-state index is -0.932. The van der Waals surface area contributed by atoms with E-state index in [2.05, 4.69) is 5.32 Å². The number of carboxylic acids is 1. The van der Waals surface area contributed by atoms with Crippen molar-refractivity contribution >= 4 is 52.5 Å². The van der Waals surface area contributed by atoms with Gasteiger partial charge in [0, 0.05) is 73.2 Å². The van der Waals surface area contributed by atoms with E-state index in [1.165, 1.54) is 0 Å². The van der Waals surface area contributed by atoms with Crippen molar-refractivity contribution in [2.45, 2.75) is 19.5 Å². The molecule has 3 aromatic carbocycles. The van der Waals surface area contributed by atoms with Crippen molar-refractivity contribution in [3.05, 3.63) is 93.5 Å². The molecule has 3 aromatic rings. The Balaban J connectivity index is 1.54. The summed E-state index contributed by atoms with van der Waals surface area (Å²) < 4.78 is 0. The highest BCUT2D eigenvalue weighted by Crippen LogP contribution is 2.27. The van der Waals surface area contributed by atoms with Gasteiger partial charge in [0.1, 0.15) is 0 Å². The first kappa shape index (κ1) is 28.3. The van der Waals surface area contributed by atoms with E-state index in [-0.39, 0.29) is 50.5 Å². The molecule has 1 aliphatic heterocycles. The summed E-state index contributed by atoms with van der Waals surface area (Å²) in [6.45, 7) is 0.916. The lowest BCUT2D eigenvalue weighted by Gasteiger charge is -2.40. The number of benzene rings is 3. The number of hydrogen-bond donors (Lipinski definition) is 2. The quantitative estimate of drug-likeness (QED) is 0.338. The molecule has 4 rings (SSSR count). The van der Waals surface area contributed by atoms with Crippen LogP contribution in [0.3, 0.4) is 0 Å². The third-order valence-electron chi connectivity index (χ3n) is 6.60. The number of nitrogens with one attached hydrogen (secondary N) is 1. The lowest BCUT2D eigenvalue weighted by atomic mass is 9.99. The number of halogens is 2. The highest BCUT2D eigenvalue weighted by molar-refractivity contribution is 6.35. The summed E-state index contributed by atoms with van der Waals surface area (Å²) in [5.74, 6) is -1.51. The minimum Gasteiger partial charge on any atom is -0.481 e. The Hall–Kier alpha value is -3.75. The Bertz CT molecular complexity index is 1360. The van der Waals surface area contributed by atoms with E-state index in [1.807, 2.05) is 49.3 Å². The molecule has 0 radical (unpaired) electrons. The zero-order valence-corrected chi connectivity index (χ0v) is 23.2. The largest absolute Gasteiger partial charge is 0.481 e. The van der Waals surface area contributed by atoms with Gasteiger partial charge in [0.25, 0.3) is 5.91 Å². The first-order chi connectivity index (χ1) is 18.6. The fraction of sp³-hybridized carbons (Fsp3) is 0.276. The summed E-state index contributed by atoms with van der Waals surface area (Å²) in [5.41, 5.74) is 3.48. The van der Waals surface area contributed by atoms with E-state index >= 15 is 0 Å². The highest BCUT2D eigenvalue weighted by Gasteiger charge is 2.33. The van der Waals surface area contributed by atoms with Gasteiger partial charge in [-0.3, -0.25) is 9.59 Å². The number of hydrogen-bond acceptors (Lipinski definition) is 4. The molecule has 39 heavy (non-hydrogen) atoms. The zero-order chi connectivity index (χ0) is 28.1. The number of urea groups is 1. The average Bonchev–Trinajstić information content (AvgIpc) is 2.88. The van der Waals surface area contributed by atoms with Crippen molar-refractivity contribution in [2.24, 2.45) is 5.92 Å². The van der Waals surface area contributed by atoms with Gasteiger partial charge in [-0.05, 0) is 53.6 Å². The fourth-order valence-electron chi connectivity index (χ4n) is 4.66. The molecule has 0 saturated carbocycles. The van der Waals surface area contributed by atoms with Crippen LogP contribution in [0.15, 0.2) is 66.7 Å². The van der Waals surface area contributed by atoms with E-state index in [4.69, 9.17) is 23.2 Å². The molecular formula is C29H30Cl2N4O4. The second-order valence-corrected chi connectivity index (χ2v) is 10.6. The first-order valence-corrected chi connectivity index (χ1v) is 13.2. The topological polar surface area (TPSA) is 93.2 Å². The minimum absolute atomic E-state index is 0.0836. The van der Waals surface area contributed by atoms with Crippen molar-refractivity contribution in [2.75, 3.05) is 37.4 Å². The summed E-state index contributed by atoms with van der Waals surface area (Å²) >= 11 is 12.4. The monoisotopic (exact) mass is 568 g/mol. The number of carboxylic acid groups (broad SMARTS) is 1. The van der Waals surface area contributed by atoms with Gasteiger partial charge in [-0.15, -0.1) is 0 Å². The number of carbonyl (C=O) groups excluding carboxylic acids is 2. The van der Waals surface area contributed by atoms with Crippen molar-refractivity contribution < 1.29 is 19.5 Å². The molecule has 0 aromatic heterocycles. The molecule has 10 heteroatoms. The first-order valence-electron chi connectivity index (χ1n) is 12.5. The average molecular weight is 569 g/mol. The van der Waals surface area contributed by atoms with E-state index in [0.717, 1.165) is 5.69 Å². The molecule has 1 fully saturated rings. The van der Waals surface area contributed by atoms with Gasteiger partial charge in [-0.1, -0.05) is 47.5 Å². The smallest absolute Gasteiger partial charge is 0.320 e. The molecule has 1 saturated heterocycles. The number of aliphatic carboxylic acids is 1. The summed E-state index contributed by atoms with van der Waals surface area (Å²) in [7, 11) is 3.88. The maximum absolute atomic E-state index is 13.5. The highest BCUT2D eigenvalue weighted by atomic mass is 35.5. The van der Waals surface area contributed by atoms with Crippen LogP contribution in [0, 0.1) is 5.92 Å². The maximum atomic E-state index is 13.5. The van der Waals surface area contributed by atoms with E-state index in [0.29, 0.717) is 32.4 Å². The van der Waals surface area contributed by atoms with Crippen LogP contribution in [0.2, 0.25) is 10.0 Å².